The molecule has 0 radical (unpaired) electrons. The quantitative estimate of drug-likeness (QED) is 0.694. The average Bonchev–Trinajstić information content (AvgIpc) is 2.51. The topological polar surface area (TPSA) is 73.9 Å². The number of anilines is 1. The van der Waals surface area contributed by atoms with Crippen LogP contribution in [0.4, 0.5) is 5.82 Å². The van der Waals surface area contributed by atoms with E-state index < -0.39 is 0 Å². The number of halogens is 1. The van der Waals surface area contributed by atoms with Crippen LogP contribution in [0.1, 0.15) is 5.69 Å². The number of ether oxygens (including phenoxy) is 1. The van der Waals surface area contributed by atoms with Crippen LogP contribution in [0.3, 0.4) is 0 Å². The Labute approximate surface area is 135 Å². The zero-order valence-electron chi connectivity index (χ0n) is 11.4. The van der Waals surface area contributed by atoms with E-state index in [2.05, 4.69) is 37.5 Å². The monoisotopic (exact) mass is 392 g/mol. The van der Waals surface area contributed by atoms with Crippen molar-refractivity contribution in [3.8, 4) is 11.4 Å². The molecule has 0 atom stereocenters. The summed E-state index contributed by atoms with van der Waals surface area (Å²) < 4.78 is 6.01. The molecule has 0 aliphatic heterocycles. The number of hydrogen-bond donors (Lipinski definition) is 1. The number of hydrogen-bond acceptors (Lipinski definition) is 5. The first-order valence-corrected chi connectivity index (χ1v) is 7.43. The van der Waals surface area contributed by atoms with Crippen LogP contribution in [-0.2, 0) is 11.3 Å². The van der Waals surface area contributed by atoms with Gasteiger partial charge in [0.2, 0.25) is 0 Å². The second-order valence-corrected chi connectivity index (χ2v) is 5.58. The first-order chi connectivity index (χ1) is 10.2. The van der Waals surface area contributed by atoms with Crippen molar-refractivity contribution in [2.75, 3.05) is 12.8 Å². The number of fused-ring (bicyclic) bond motifs is 1. The zero-order valence-corrected chi connectivity index (χ0v) is 13.5. The molecule has 2 N–H and O–H groups in total. The summed E-state index contributed by atoms with van der Waals surface area (Å²) >= 11 is 2.14. The van der Waals surface area contributed by atoms with Crippen molar-refractivity contribution < 1.29 is 4.74 Å². The van der Waals surface area contributed by atoms with Crippen molar-refractivity contribution in [2.45, 2.75) is 6.61 Å². The van der Waals surface area contributed by atoms with Gasteiger partial charge in [-0.3, -0.25) is 4.98 Å². The summed E-state index contributed by atoms with van der Waals surface area (Å²) in [5.41, 5.74) is 8.62. The van der Waals surface area contributed by atoms with E-state index in [0.717, 1.165) is 25.7 Å². The van der Waals surface area contributed by atoms with Crippen LogP contribution < -0.4 is 5.73 Å². The molecule has 2 aromatic heterocycles. The van der Waals surface area contributed by atoms with Gasteiger partial charge in [-0.25, -0.2) is 9.97 Å². The molecule has 3 rings (SSSR count). The Hall–Kier alpha value is -1.80. The summed E-state index contributed by atoms with van der Waals surface area (Å²) in [6.45, 7) is 0.404. The van der Waals surface area contributed by atoms with Crippen molar-refractivity contribution in [1.82, 2.24) is 15.0 Å². The first-order valence-electron chi connectivity index (χ1n) is 6.35. The maximum absolute atomic E-state index is 6.00. The van der Waals surface area contributed by atoms with Gasteiger partial charge < -0.3 is 10.5 Å². The van der Waals surface area contributed by atoms with Crippen molar-refractivity contribution in [2.24, 2.45) is 0 Å². The zero-order chi connectivity index (χ0) is 14.8. The Morgan fingerprint density at radius 1 is 1.19 bits per heavy atom. The first kappa shape index (κ1) is 14.2. The predicted molar refractivity (Wildman–Crippen MR) is 90.6 cm³/mol. The smallest absolute Gasteiger partial charge is 0.162 e. The van der Waals surface area contributed by atoms with E-state index in [1.54, 1.807) is 13.3 Å². The van der Waals surface area contributed by atoms with Gasteiger partial charge in [-0.2, -0.15) is 0 Å². The van der Waals surface area contributed by atoms with Gasteiger partial charge in [-0.1, -0.05) is 18.2 Å². The number of methoxy groups -OCH3 is 1. The molecule has 0 amide bonds. The molecule has 106 valence electrons. The van der Waals surface area contributed by atoms with Crippen molar-refractivity contribution >= 4 is 39.3 Å². The molecule has 5 nitrogen and oxygen atoms in total. The maximum atomic E-state index is 6.00. The van der Waals surface area contributed by atoms with Gasteiger partial charge in [0.1, 0.15) is 5.82 Å². The predicted octanol–water partition coefficient (Wildman–Crippen LogP) is 3.03. The molecule has 6 heteroatoms. The minimum Gasteiger partial charge on any atom is -0.383 e. The van der Waals surface area contributed by atoms with Gasteiger partial charge in [-0.15, -0.1) is 0 Å². The normalized spacial score (nSPS) is 11.0. The van der Waals surface area contributed by atoms with Gasteiger partial charge in [0.25, 0.3) is 0 Å². The van der Waals surface area contributed by atoms with E-state index in [-0.39, 0.29) is 0 Å². The Bertz CT molecular complexity index is 802. The van der Waals surface area contributed by atoms with Crippen LogP contribution >= 0.6 is 22.6 Å². The lowest BCUT2D eigenvalue weighted by molar-refractivity contribution is 0.181. The summed E-state index contributed by atoms with van der Waals surface area (Å²) in [6, 6.07) is 9.80. The fourth-order valence-electron chi connectivity index (χ4n) is 2.16. The Morgan fingerprint density at radius 2 is 2.00 bits per heavy atom. The highest BCUT2D eigenvalue weighted by molar-refractivity contribution is 14.1. The van der Waals surface area contributed by atoms with E-state index in [1.165, 1.54) is 0 Å². The van der Waals surface area contributed by atoms with Gasteiger partial charge in [-0.05, 0) is 34.7 Å². The number of nitrogens with two attached hydrogens (primary N) is 1. The molecule has 2 heterocycles. The summed E-state index contributed by atoms with van der Waals surface area (Å²) in [7, 11) is 1.63. The fraction of sp³-hybridized carbons (Fsp3) is 0.133. The third-order valence-electron chi connectivity index (χ3n) is 3.12. The lowest BCUT2D eigenvalue weighted by Crippen LogP contribution is -2.06. The second kappa shape index (κ2) is 5.90. The summed E-state index contributed by atoms with van der Waals surface area (Å²) in [5.74, 6) is 1.06. The number of aromatic nitrogens is 3. The molecular weight excluding hydrogens is 379 g/mol. The standard InChI is InChI=1S/C15H13IN4O/c1-21-8-12-13(16)14(17)20-15(19-12)10-6-7-18-11-5-3-2-4-9(10)11/h2-7H,8H2,1H3,(H2,17,19,20). The fourth-order valence-corrected chi connectivity index (χ4v) is 2.55. The molecule has 3 aromatic rings. The van der Waals surface area contributed by atoms with E-state index in [4.69, 9.17) is 10.5 Å². The van der Waals surface area contributed by atoms with E-state index in [9.17, 15) is 0 Å². The van der Waals surface area contributed by atoms with Crippen LogP contribution in [0.25, 0.3) is 22.3 Å². The largest absolute Gasteiger partial charge is 0.383 e. The van der Waals surface area contributed by atoms with E-state index in [1.807, 2.05) is 30.3 Å². The SMILES string of the molecule is COCc1nc(-c2ccnc3ccccc23)nc(N)c1I. The molecule has 0 saturated heterocycles. The molecule has 0 spiro atoms. The molecular formula is C15H13IN4O. The van der Waals surface area contributed by atoms with Crippen LogP contribution in [-0.4, -0.2) is 22.1 Å². The third kappa shape index (κ3) is 2.68. The summed E-state index contributed by atoms with van der Waals surface area (Å²) in [5, 5.41) is 1.00. The molecule has 0 aliphatic rings. The van der Waals surface area contributed by atoms with Crippen LogP contribution in [0.15, 0.2) is 36.5 Å². The molecule has 21 heavy (non-hydrogen) atoms. The van der Waals surface area contributed by atoms with Crippen molar-refractivity contribution in [1.29, 1.82) is 0 Å². The van der Waals surface area contributed by atoms with Crippen molar-refractivity contribution in [3.05, 3.63) is 45.8 Å². The minimum absolute atomic E-state index is 0.404. The number of para-hydroxylation sites is 1. The maximum Gasteiger partial charge on any atom is 0.162 e. The molecule has 0 bridgehead atoms. The molecule has 0 unspecified atom stereocenters. The average molecular weight is 392 g/mol. The molecule has 0 fully saturated rings. The van der Waals surface area contributed by atoms with Gasteiger partial charge >= 0.3 is 0 Å². The summed E-state index contributed by atoms with van der Waals surface area (Å²) in [6.07, 6.45) is 1.76. The van der Waals surface area contributed by atoms with Crippen LogP contribution in [0.5, 0.6) is 0 Å². The van der Waals surface area contributed by atoms with E-state index >= 15 is 0 Å². The second-order valence-electron chi connectivity index (χ2n) is 4.50. The number of nitrogen functional groups attached to an aromatic ring is 1. The minimum atomic E-state index is 0.404. The Morgan fingerprint density at radius 3 is 2.81 bits per heavy atom. The third-order valence-corrected chi connectivity index (χ3v) is 4.29. The number of pyridine rings is 1. The number of nitrogens with zero attached hydrogens (tertiary/aromatic N) is 3. The summed E-state index contributed by atoms with van der Waals surface area (Å²) in [4.78, 5) is 13.4. The molecule has 0 saturated carbocycles. The van der Waals surface area contributed by atoms with Gasteiger partial charge in [0, 0.05) is 24.3 Å². The van der Waals surface area contributed by atoms with E-state index in [0.29, 0.717) is 18.2 Å². The van der Waals surface area contributed by atoms with Gasteiger partial charge in [0.15, 0.2) is 5.82 Å². The molecule has 0 aliphatic carbocycles. The highest BCUT2D eigenvalue weighted by atomic mass is 127. The van der Waals surface area contributed by atoms with Crippen LogP contribution in [0, 0.1) is 3.57 Å². The van der Waals surface area contributed by atoms with Gasteiger partial charge in [0.05, 0.1) is 21.4 Å². The highest BCUT2D eigenvalue weighted by Gasteiger charge is 2.13. The lowest BCUT2D eigenvalue weighted by Gasteiger charge is -2.10. The Kier molecular flexibility index (Phi) is 3.98. The number of benzene rings is 1. The lowest BCUT2D eigenvalue weighted by atomic mass is 10.1. The Balaban J connectivity index is 2.23. The van der Waals surface area contributed by atoms with Crippen molar-refractivity contribution in [3.63, 3.8) is 0 Å². The number of rotatable bonds is 3. The molecule has 1 aromatic carbocycles. The highest BCUT2D eigenvalue weighted by Crippen LogP contribution is 2.27. The van der Waals surface area contributed by atoms with Crippen LogP contribution in [0.2, 0.25) is 0 Å².